The average Bonchev–Trinajstić information content (AvgIpc) is 2.62. The lowest BCUT2D eigenvalue weighted by Gasteiger charge is -2.22. The van der Waals surface area contributed by atoms with Crippen LogP contribution in [0.2, 0.25) is 13.1 Å². The normalized spacial score (nSPS) is 16.8. The Balaban J connectivity index is 2.42. The van der Waals surface area contributed by atoms with Crippen LogP contribution in [0, 0.1) is 0 Å². The van der Waals surface area contributed by atoms with Crippen molar-refractivity contribution in [1.82, 2.24) is 0 Å². The van der Waals surface area contributed by atoms with E-state index in [0.717, 1.165) is 0 Å². The highest BCUT2D eigenvalue weighted by molar-refractivity contribution is 6.98. The Morgan fingerprint density at radius 3 is 2.21 bits per heavy atom. The smallest absolute Gasteiger partial charge is 0.0723 e. The summed E-state index contributed by atoms with van der Waals surface area (Å²) in [5.74, 6) is 0. The van der Waals surface area contributed by atoms with E-state index in [2.05, 4.69) is 51.2 Å². The minimum Gasteiger partial charge on any atom is -0.0723 e. The van der Waals surface area contributed by atoms with Gasteiger partial charge >= 0.3 is 0 Å². The van der Waals surface area contributed by atoms with E-state index in [-0.39, 0.29) is 0 Å². The van der Waals surface area contributed by atoms with Crippen LogP contribution in [-0.4, -0.2) is 8.07 Å². The van der Waals surface area contributed by atoms with Crippen LogP contribution in [0.4, 0.5) is 0 Å². The Morgan fingerprint density at radius 1 is 0.895 bits per heavy atom. The lowest BCUT2D eigenvalue weighted by atomic mass is 9.98. The first kappa shape index (κ1) is 14.6. The van der Waals surface area contributed by atoms with E-state index in [4.69, 9.17) is 0 Å². The molecule has 104 valence electrons. The molecule has 0 unspecified atom stereocenters. The zero-order chi connectivity index (χ0) is 13.9. The number of hydrogen-bond donors (Lipinski definition) is 0. The summed E-state index contributed by atoms with van der Waals surface area (Å²) in [5.41, 5.74) is 3.32. The van der Waals surface area contributed by atoms with Crippen molar-refractivity contribution in [1.29, 1.82) is 0 Å². The Hall–Kier alpha value is -0.823. The predicted octanol–water partition coefficient (Wildman–Crippen LogP) is 5.29. The van der Waals surface area contributed by atoms with Crippen molar-refractivity contribution in [2.24, 2.45) is 0 Å². The molecule has 0 radical (unpaired) electrons. The third-order valence-electron chi connectivity index (χ3n) is 4.60. The maximum Gasteiger partial charge on any atom is 0.108 e. The van der Waals surface area contributed by atoms with Gasteiger partial charge in [-0.2, -0.15) is 0 Å². The van der Waals surface area contributed by atoms with Gasteiger partial charge in [-0.05, 0) is 35.6 Å². The molecular formula is C18H28Si. The summed E-state index contributed by atoms with van der Waals surface area (Å²) in [6.07, 6.45) is 7.94. The lowest BCUT2D eigenvalue weighted by Crippen LogP contribution is -2.41. The molecule has 1 heterocycles. The molecular weight excluding hydrogens is 244 g/mol. The summed E-state index contributed by atoms with van der Waals surface area (Å²) in [6, 6.07) is 9.21. The van der Waals surface area contributed by atoms with Crippen LogP contribution in [-0.2, 0) is 0 Å². The van der Waals surface area contributed by atoms with E-state index in [1.165, 1.54) is 38.5 Å². The van der Waals surface area contributed by atoms with Crippen LogP contribution < -0.4 is 5.19 Å². The fourth-order valence-electron chi connectivity index (χ4n) is 3.45. The van der Waals surface area contributed by atoms with E-state index >= 15 is 0 Å². The van der Waals surface area contributed by atoms with Crippen molar-refractivity contribution in [3.8, 4) is 0 Å². The Morgan fingerprint density at radius 2 is 1.53 bits per heavy atom. The van der Waals surface area contributed by atoms with Gasteiger partial charge in [-0.25, -0.2) is 0 Å². The molecule has 0 nitrogen and oxygen atoms in total. The minimum absolute atomic E-state index is 1.29. The second-order valence-corrected chi connectivity index (χ2v) is 10.7. The predicted molar refractivity (Wildman–Crippen MR) is 89.5 cm³/mol. The number of hydrogen-bond acceptors (Lipinski definition) is 0. The van der Waals surface area contributed by atoms with Crippen LogP contribution >= 0.6 is 0 Å². The fourth-order valence-corrected chi connectivity index (χ4v) is 7.01. The molecule has 0 N–H and O–H groups in total. The number of allylic oxidation sites excluding steroid dienone is 2. The van der Waals surface area contributed by atoms with Crippen molar-refractivity contribution < 1.29 is 0 Å². The number of unbranched alkanes of at least 4 members (excludes halogenated alkanes) is 2. The summed E-state index contributed by atoms with van der Waals surface area (Å²) in [5, 5.41) is 3.54. The highest BCUT2D eigenvalue weighted by Crippen LogP contribution is 2.38. The third kappa shape index (κ3) is 2.71. The van der Waals surface area contributed by atoms with Crippen LogP contribution in [0.1, 0.15) is 57.9 Å². The molecule has 1 heteroatoms. The number of benzene rings is 1. The Kier molecular flexibility index (Phi) is 4.67. The van der Waals surface area contributed by atoms with Crippen molar-refractivity contribution in [3.05, 3.63) is 35.0 Å². The van der Waals surface area contributed by atoms with Gasteiger partial charge in [-0.1, -0.05) is 75.7 Å². The fraction of sp³-hybridized carbons (Fsp3) is 0.556. The van der Waals surface area contributed by atoms with Crippen molar-refractivity contribution in [2.75, 3.05) is 0 Å². The Labute approximate surface area is 119 Å². The zero-order valence-electron chi connectivity index (χ0n) is 13.1. The standard InChI is InChI=1S/C18H28Si/c1-5-7-11-15-16-12-9-10-14-18(16)19(3,4)17(15)13-8-6-2/h9-10,12,14H,5-8,11,13H2,1-4H3. The summed E-state index contributed by atoms with van der Waals surface area (Å²) >= 11 is 0. The lowest BCUT2D eigenvalue weighted by molar-refractivity contribution is 0.792. The molecule has 1 aromatic carbocycles. The molecule has 0 spiro atoms. The molecule has 0 atom stereocenters. The molecule has 2 rings (SSSR count). The maximum absolute atomic E-state index is 2.55. The second-order valence-electron chi connectivity index (χ2n) is 6.33. The second kappa shape index (κ2) is 6.09. The van der Waals surface area contributed by atoms with Crippen molar-refractivity contribution in [3.63, 3.8) is 0 Å². The average molecular weight is 273 g/mol. The molecule has 0 aliphatic carbocycles. The molecule has 1 aliphatic heterocycles. The molecule has 0 bridgehead atoms. The molecule has 0 fully saturated rings. The van der Waals surface area contributed by atoms with Gasteiger partial charge < -0.3 is 0 Å². The quantitative estimate of drug-likeness (QED) is 0.617. The van der Waals surface area contributed by atoms with Gasteiger partial charge in [0.2, 0.25) is 0 Å². The highest BCUT2D eigenvalue weighted by Gasteiger charge is 2.37. The van der Waals surface area contributed by atoms with Gasteiger partial charge in [0, 0.05) is 0 Å². The first-order valence-corrected chi connectivity index (χ1v) is 10.9. The van der Waals surface area contributed by atoms with E-state index in [1.807, 2.05) is 5.20 Å². The van der Waals surface area contributed by atoms with E-state index in [0.29, 0.717) is 0 Å². The van der Waals surface area contributed by atoms with Gasteiger partial charge in [-0.3, -0.25) is 0 Å². The third-order valence-corrected chi connectivity index (χ3v) is 8.45. The molecule has 1 aliphatic rings. The summed E-state index contributed by atoms with van der Waals surface area (Å²) in [7, 11) is -1.36. The van der Waals surface area contributed by atoms with Gasteiger partial charge in [0.15, 0.2) is 0 Å². The van der Waals surface area contributed by atoms with E-state index in [9.17, 15) is 0 Å². The van der Waals surface area contributed by atoms with Gasteiger partial charge in [0.25, 0.3) is 0 Å². The molecule has 1 aromatic rings. The van der Waals surface area contributed by atoms with Crippen molar-refractivity contribution >= 4 is 18.8 Å². The van der Waals surface area contributed by atoms with Gasteiger partial charge in [0.05, 0.1) is 0 Å². The van der Waals surface area contributed by atoms with Crippen LogP contribution in [0.5, 0.6) is 0 Å². The first-order chi connectivity index (χ1) is 9.12. The highest BCUT2D eigenvalue weighted by atomic mass is 28.3. The number of fused-ring (bicyclic) bond motifs is 1. The topological polar surface area (TPSA) is 0 Å². The van der Waals surface area contributed by atoms with Crippen LogP contribution in [0.3, 0.4) is 0 Å². The van der Waals surface area contributed by atoms with E-state index < -0.39 is 8.07 Å². The molecule has 0 amide bonds. The number of rotatable bonds is 6. The van der Waals surface area contributed by atoms with Crippen molar-refractivity contribution in [2.45, 2.75) is 65.5 Å². The maximum atomic E-state index is 2.55. The van der Waals surface area contributed by atoms with Crippen LogP contribution in [0.15, 0.2) is 29.5 Å². The van der Waals surface area contributed by atoms with Gasteiger partial charge in [0.1, 0.15) is 8.07 Å². The molecule has 19 heavy (non-hydrogen) atoms. The van der Waals surface area contributed by atoms with E-state index in [1.54, 1.807) is 16.3 Å². The van der Waals surface area contributed by atoms with Gasteiger partial charge in [-0.15, -0.1) is 0 Å². The zero-order valence-corrected chi connectivity index (χ0v) is 14.1. The molecule has 0 aromatic heterocycles. The SMILES string of the molecule is CCCCC1=C(CCCC)[Si](C)(C)c2ccccc21. The molecule has 0 saturated carbocycles. The summed E-state index contributed by atoms with van der Waals surface area (Å²) in [4.78, 5) is 0. The summed E-state index contributed by atoms with van der Waals surface area (Å²) in [6.45, 7) is 9.71. The minimum atomic E-state index is -1.36. The first-order valence-electron chi connectivity index (χ1n) is 7.95. The van der Waals surface area contributed by atoms with Crippen LogP contribution in [0.25, 0.3) is 5.57 Å². The molecule has 0 saturated heterocycles. The summed E-state index contributed by atoms with van der Waals surface area (Å²) < 4.78 is 0. The largest absolute Gasteiger partial charge is 0.108 e. The monoisotopic (exact) mass is 272 g/mol. The Bertz CT molecular complexity index is 468.